The molecule has 2 fully saturated rings. The van der Waals surface area contributed by atoms with Crippen LogP contribution in [0.5, 0.6) is 0 Å². The van der Waals surface area contributed by atoms with Crippen LogP contribution in [-0.2, 0) is 4.79 Å². The van der Waals surface area contributed by atoms with Crippen LogP contribution >= 0.6 is 11.8 Å². The van der Waals surface area contributed by atoms with E-state index in [1.807, 2.05) is 23.7 Å². The van der Waals surface area contributed by atoms with Crippen molar-refractivity contribution in [3.05, 3.63) is 0 Å². The van der Waals surface area contributed by atoms with Gasteiger partial charge in [-0.3, -0.25) is 10.1 Å². The molecular formula is C12H22N2OS. The molecule has 1 aliphatic heterocycles. The van der Waals surface area contributed by atoms with E-state index in [4.69, 9.17) is 0 Å². The van der Waals surface area contributed by atoms with Crippen molar-refractivity contribution in [1.82, 2.24) is 10.2 Å². The quantitative estimate of drug-likeness (QED) is 0.800. The first-order valence-electron chi connectivity index (χ1n) is 6.26. The largest absolute Gasteiger partial charge is 0.341 e. The van der Waals surface area contributed by atoms with Gasteiger partial charge < -0.3 is 4.90 Å². The summed E-state index contributed by atoms with van der Waals surface area (Å²) in [5.74, 6) is 2.93. The number of hydrogen-bond donors (Lipinski definition) is 1. The van der Waals surface area contributed by atoms with E-state index in [2.05, 4.69) is 12.2 Å². The van der Waals surface area contributed by atoms with Crippen LogP contribution in [0.2, 0.25) is 0 Å². The zero-order valence-corrected chi connectivity index (χ0v) is 11.1. The monoisotopic (exact) mass is 242 g/mol. The van der Waals surface area contributed by atoms with Gasteiger partial charge in [0.25, 0.3) is 0 Å². The fraction of sp³-hybridized carbons (Fsp3) is 0.917. The number of likely N-dealkylation sites (N-methyl/N-ethyl adjacent to an activating group) is 1. The van der Waals surface area contributed by atoms with Crippen LogP contribution in [0, 0.1) is 5.92 Å². The van der Waals surface area contributed by atoms with Crippen molar-refractivity contribution in [2.75, 3.05) is 18.7 Å². The molecule has 2 aliphatic rings. The van der Waals surface area contributed by atoms with Gasteiger partial charge in [0.05, 0.1) is 6.04 Å². The summed E-state index contributed by atoms with van der Waals surface area (Å²) in [4.78, 5) is 14.2. The summed E-state index contributed by atoms with van der Waals surface area (Å²) in [5, 5.41) is 3.26. The summed E-state index contributed by atoms with van der Waals surface area (Å²) in [6.45, 7) is 2.30. The van der Waals surface area contributed by atoms with E-state index in [1.54, 1.807) is 0 Å². The Morgan fingerprint density at radius 1 is 1.44 bits per heavy atom. The number of nitrogens with zero attached hydrogens (tertiary/aromatic N) is 1. The molecule has 0 spiro atoms. The smallest absolute Gasteiger partial charge is 0.240 e. The van der Waals surface area contributed by atoms with E-state index in [1.165, 1.54) is 25.7 Å². The third kappa shape index (κ3) is 2.72. The summed E-state index contributed by atoms with van der Waals surface area (Å²) < 4.78 is 0. The average molecular weight is 242 g/mol. The second-order valence-electron chi connectivity index (χ2n) is 5.15. The Labute approximate surface area is 102 Å². The van der Waals surface area contributed by atoms with Crippen molar-refractivity contribution in [3.8, 4) is 0 Å². The number of carbonyl (C=O) groups excluding carboxylic acids is 1. The molecule has 0 aromatic carbocycles. The maximum Gasteiger partial charge on any atom is 0.240 e. The number of rotatable bonds is 2. The zero-order valence-electron chi connectivity index (χ0n) is 10.2. The van der Waals surface area contributed by atoms with E-state index >= 15 is 0 Å². The van der Waals surface area contributed by atoms with Gasteiger partial charge in [0, 0.05) is 24.7 Å². The highest BCUT2D eigenvalue weighted by Crippen LogP contribution is 2.27. The lowest BCUT2D eigenvalue weighted by Crippen LogP contribution is -2.48. The molecule has 3 unspecified atom stereocenters. The Morgan fingerprint density at radius 2 is 2.25 bits per heavy atom. The van der Waals surface area contributed by atoms with Gasteiger partial charge >= 0.3 is 0 Å². The van der Waals surface area contributed by atoms with Gasteiger partial charge in [0.2, 0.25) is 5.91 Å². The van der Waals surface area contributed by atoms with Gasteiger partial charge in [0.1, 0.15) is 0 Å². The molecular weight excluding hydrogens is 220 g/mol. The van der Waals surface area contributed by atoms with Crippen molar-refractivity contribution in [1.29, 1.82) is 0 Å². The molecule has 1 amide bonds. The summed E-state index contributed by atoms with van der Waals surface area (Å²) in [6.07, 6.45) is 4.97. The Morgan fingerprint density at radius 3 is 2.88 bits per heavy atom. The molecule has 2 rings (SSSR count). The highest BCUT2D eigenvalue weighted by molar-refractivity contribution is 7.99. The lowest BCUT2D eigenvalue weighted by molar-refractivity contribution is -0.134. The second kappa shape index (κ2) is 5.41. The highest BCUT2D eigenvalue weighted by atomic mass is 32.2. The van der Waals surface area contributed by atoms with Crippen LogP contribution in [0.15, 0.2) is 0 Å². The molecule has 3 nitrogen and oxygen atoms in total. The first-order valence-corrected chi connectivity index (χ1v) is 7.41. The van der Waals surface area contributed by atoms with E-state index < -0.39 is 0 Å². The predicted octanol–water partition coefficient (Wildman–Crippen LogP) is 1.69. The summed E-state index contributed by atoms with van der Waals surface area (Å²) in [6, 6.07) is 0.538. The average Bonchev–Trinajstić information content (AvgIpc) is 2.80. The normalized spacial score (nSPS) is 35.0. The fourth-order valence-corrected chi connectivity index (χ4v) is 3.67. The Kier molecular flexibility index (Phi) is 4.14. The molecule has 0 aromatic heterocycles. The van der Waals surface area contributed by atoms with Crippen molar-refractivity contribution in [2.24, 2.45) is 5.92 Å². The fourth-order valence-electron chi connectivity index (χ4n) is 2.73. The minimum atomic E-state index is 0.0623. The van der Waals surface area contributed by atoms with E-state index in [0.29, 0.717) is 11.9 Å². The molecule has 1 aliphatic carbocycles. The summed E-state index contributed by atoms with van der Waals surface area (Å²) in [7, 11) is 1.98. The third-order valence-electron chi connectivity index (χ3n) is 3.82. The minimum Gasteiger partial charge on any atom is -0.341 e. The van der Waals surface area contributed by atoms with Gasteiger partial charge in [-0.05, 0) is 18.8 Å². The SMILES string of the molecule is CC1CCCC(N(C)C(=O)C2CSCN2)C1. The molecule has 1 heterocycles. The van der Waals surface area contributed by atoms with E-state index in [-0.39, 0.29) is 6.04 Å². The standard InChI is InChI=1S/C12H22N2OS/c1-9-4-3-5-10(6-9)14(2)12(15)11-7-16-8-13-11/h9-11,13H,3-8H2,1-2H3. The predicted molar refractivity (Wildman–Crippen MR) is 68.4 cm³/mol. The molecule has 4 heteroatoms. The van der Waals surface area contributed by atoms with Gasteiger partial charge in [-0.15, -0.1) is 11.8 Å². The molecule has 1 saturated carbocycles. The van der Waals surface area contributed by atoms with Crippen molar-refractivity contribution < 1.29 is 4.79 Å². The lowest BCUT2D eigenvalue weighted by Gasteiger charge is -2.35. The molecule has 0 aromatic rings. The summed E-state index contributed by atoms with van der Waals surface area (Å²) >= 11 is 1.82. The van der Waals surface area contributed by atoms with Crippen molar-refractivity contribution >= 4 is 17.7 Å². The maximum atomic E-state index is 12.2. The Bertz CT molecular complexity index is 253. The van der Waals surface area contributed by atoms with Crippen LogP contribution in [0.25, 0.3) is 0 Å². The van der Waals surface area contributed by atoms with Crippen LogP contribution in [-0.4, -0.2) is 41.6 Å². The number of hydrogen-bond acceptors (Lipinski definition) is 3. The number of thioether (sulfide) groups is 1. The van der Waals surface area contributed by atoms with Crippen LogP contribution in [0.1, 0.15) is 32.6 Å². The second-order valence-corrected chi connectivity index (χ2v) is 6.18. The third-order valence-corrected chi connectivity index (χ3v) is 4.76. The van der Waals surface area contributed by atoms with E-state index in [9.17, 15) is 4.79 Å². The van der Waals surface area contributed by atoms with Gasteiger partial charge in [0.15, 0.2) is 0 Å². The topological polar surface area (TPSA) is 32.3 Å². The maximum absolute atomic E-state index is 12.2. The number of carbonyl (C=O) groups is 1. The minimum absolute atomic E-state index is 0.0623. The molecule has 1 saturated heterocycles. The van der Waals surface area contributed by atoms with Gasteiger partial charge in [-0.2, -0.15) is 0 Å². The Hall–Kier alpha value is -0.220. The van der Waals surface area contributed by atoms with Crippen LogP contribution < -0.4 is 5.32 Å². The molecule has 3 atom stereocenters. The van der Waals surface area contributed by atoms with Crippen LogP contribution in [0.3, 0.4) is 0 Å². The van der Waals surface area contributed by atoms with Gasteiger partial charge in [-0.25, -0.2) is 0 Å². The first kappa shape index (κ1) is 12.2. The molecule has 0 bridgehead atoms. The lowest BCUT2D eigenvalue weighted by atomic mass is 9.86. The zero-order chi connectivity index (χ0) is 11.5. The molecule has 1 N–H and O–H groups in total. The Balaban J connectivity index is 1.89. The van der Waals surface area contributed by atoms with Crippen molar-refractivity contribution in [2.45, 2.75) is 44.7 Å². The van der Waals surface area contributed by atoms with Gasteiger partial charge in [-0.1, -0.05) is 19.8 Å². The first-order chi connectivity index (χ1) is 7.68. The van der Waals surface area contributed by atoms with Crippen LogP contribution in [0.4, 0.5) is 0 Å². The summed E-state index contributed by atoms with van der Waals surface area (Å²) in [5.41, 5.74) is 0. The number of nitrogens with one attached hydrogen (secondary N) is 1. The van der Waals surface area contributed by atoms with Crippen molar-refractivity contribution in [3.63, 3.8) is 0 Å². The molecule has 0 radical (unpaired) electrons. The molecule has 92 valence electrons. The highest BCUT2D eigenvalue weighted by Gasteiger charge is 2.31. The van der Waals surface area contributed by atoms with E-state index in [0.717, 1.165) is 17.5 Å². The number of amides is 1. The molecule has 16 heavy (non-hydrogen) atoms.